The van der Waals surface area contributed by atoms with E-state index in [1.54, 1.807) is 0 Å². The van der Waals surface area contributed by atoms with E-state index in [9.17, 15) is 10.1 Å². The Kier molecular flexibility index (Phi) is 2.09. The summed E-state index contributed by atoms with van der Waals surface area (Å²) in [5.41, 5.74) is 0. The summed E-state index contributed by atoms with van der Waals surface area (Å²) in [5, 5.41) is 11.2. The van der Waals surface area contributed by atoms with Gasteiger partial charge in [0.05, 0.1) is 13.1 Å². The molecule has 0 bridgehead atoms. The molecule has 4 nitrogen and oxygen atoms in total. The van der Waals surface area contributed by atoms with E-state index in [2.05, 4.69) is 6.92 Å². The predicted molar refractivity (Wildman–Crippen MR) is 37.0 cm³/mol. The summed E-state index contributed by atoms with van der Waals surface area (Å²) < 4.78 is 0. The van der Waals surface area contributed by atoms with Gasteiger partial charge in [-0.1, -0.05) is 6.92 Å². The number of hydrazine groups is 1. The van der Waals surface area contributed by atoms with Gasteiger partial charge >= 0.3 is 0 Å². The van der Waals surface area contributed by atoms with Crippen molar-refractivity contribution in [3.05, 3.63) is 10.1 Å². The van der Waals surface area contributed by atoms with Crippen LogP contribution in [0.4, 0.5) is 0 Å². The van der Waals surface area contributed by atoms with Crippen LogP contribution >= 0.6 is 0 Å². The first-order valence-corrected chi connectivity index (χ1v) is 3.59. The Morgan fingerprint density at radius 3 is 2.80 bits per heavy atom. The highest BCUT2D eigenvalue weighted by Gasteiger charge is 2.22. The van der Waals surface area contributed by atoms with Crippen LogP contribution in [-0.4, -0.2) is 23.1 Å². The highest BCUT2D eigenvalue weighted by molar-refractivity contribution is 4.63. The van der Waals surface area contributed by atoms with Crippen molar-refractivity contribution in [1.82, 2.24) is 5.01 Å². The summed E-state index contributed by atoms with van der Waals surface area (Å²) in [6, 6.07) is 0. The SMILES string of the molecule is CC1CCCN([N+](=O)[O-])C1. The van der Waals surface area contributed by atoms with Crippen LogP contribution in [-0.2, 0) is 0 Å². The Morgan fingerprint density at radius 2 is 2.40 bits per heavy atom. The fraction of sp³-hybridized carbons (Fsp3) is 1.00. The molecule has 1 aliphatic rings. The van der Waals surface area contributed by atoms with Gasteiger partial charge < -0.3 is 0 Å². The van der Waals surface area contributed by atoms with E-state index < -0.39 is 0 Å². The monoisotopic (exact) mass is 144 g/mol. The van der Waals surface area contributed by atoms with E-state index in [-0.39, 0.29) is 5.03 Å². The van der Waals surface area contributed by atoms with E-state index in [0.717, 1.165) is 12.8 Å². The van der Waals surface area contributed by atoms with Crippen LogP contribution in [0, 0.1) is 16.0 Å². The third-order valence-corrected chi connectivity index (χ3v) is 1.87. The number of hydrogen-bond donors (Lipinski definition) is 0. The Bertz CT molecular complexity index is 138. The van der Waals surface area contributed by atoms with E-state index >= 15 is 0 Å². The van der Waals surface area contributed by atoms with Crippen molar-refractivity contribution in [1.29, 1.82) is 0 Å². The lowest BCUT2D eigenvalue weighted by Crippen LogP contribution is -2.38. The molecule has 0 radical (unpaired) electrons. The normalized spacial score (nSPS) is 26.5. The zero-order valence-corrected chi connectivity index (χ0v) is 6.12. The topological polar surface area (TPSA) is 46.4 Å². The second kappa shape index (κ2) is 2.86. The average molecular weight is 144 g/mol. The molecule has 58 valence electrons. The molecule has 1 unspecified atom stereocenters. The standard InChI is InChI=1S/C6H12N2O2/c1-6-3-2-4-7(5-6)8(9)10/h6H,2-5H2,1H3. The molecule has 1 fully saturated rings. The molecule has 0 aromatic carbocycles. The number of rotatable bonds is 1. The van der Waals surface area contributed by atoms with Gasteiger partial charge in [0, 0.05) is 0 Å². The fourth-order valence-corrected chi connectivity index (χ4v) is 1.31. The minimum atomic E-state index is -0.296. The minimum absolute atomic E-state index is 0.296. The highest BCUT2D eigenvalue weighted by Crippen LogP contribution is 2.14. The van der Waals surface area contributed by atoms with Gasteiger partial charge in [-0.25, -0.2) is 10.1 Å². The zero-order valence-electron chi connectivity index (χ0n) is 6.12. The molecule has 0 aliphatic carbocycles. The zero-order chi connectivity index (χ0) is 7.56. The number of nitrogens with zero attached hydrogens (tertiary/aromatic N) is 2. The van der Waals surface area contributed by atoms with E-state index in [1.807, 2.05) is 0 Å². The molecular formula is C6H12N2O2. The van der Waals surface area contributed by atoms with Gasteiger partial charge in [0.1, 0.15) is 0 Å². The fourth-order valence-electron chi connectivity index (χ4n) is 1.31. The van der Waals surface area contributed by atoms with Crippen molar-refractivity contribution in [2.45, 2.75) is 19.8 Å². The maximum absolute atomic E-state index is 10.2. The van der Waals surface area contributed by atoms with Crippen molar-refractivity contribution >= 4 is 0 Å². The van der Waals surface area contributed by atoms with Crippen LogP contribution < -0.4 is 0 Å². The maximum Gasteiger partial charge on any atom is 0.160 e. The maximum atomic E-state index is 10.2. The summed E-state index contributed by atoms with van der Waals surface area (Å²) in [6.07, 6.45) is 2.09. The van der Waals surface area contributed by atoms with Crippen LogP contribution in [0.3, 0.4) is 0 Å². The summed E-state index contributed by atoms with van der Waals surface area (Å²) in [6.45, 7) is 3.29. The molecule has 4 heteroatoms. The molecule has 0 spiro atoms. The van der Waals surface area contributed by atoms with Crippen LogP contribution in [0.15, 0.2) is 0 Å². The van der Waals surface area contributed by atoms with Gasteiger partial charge in [-0.05, 0) is 18.8 Å². The summed E-state index contributed by atoms with van der Waals surface area (Å²) in [5.74, 6) is 0.485. The summed E-state index contributed by atoms with van der Waals surface area (Å²) in [7, 11) is 0. The molecule has 1 aliphatic heterocycles. The molecule has 1 rings (SSSR count). The quantitative estimate of drug-likeness (QED) is 0.406. The lowest BCUT2D eigenvalue weighted by molar-refractivity contribution is -0.659. The Balaban J connectivity index is 2.39. The summed E-state index contributed by atoms with van der Waals surface area (Å²) in [4.78, 5) is 10.2. The van der Waals surface area contributed by atoms with Gasteiger partial charge in [0.2, 0.25) is 0 Å². The molecule has 1 atom stereocenters. The van der Waals surface area contributed by atoms with Crippen molar-refractivity contribution < 1.29 is 5.03 Å². The van der Waals surface area contributed by atoms with Crippen LogP contribution in [0.2, 0.25) is 0 Å². The number of hydrogen-bond acceptors (Lipinski definition) is 2. The Hall–Kier alpha value is -0.800. The Morgan fingerprint density at radius 1 is 1.70 bits per heavy atom. The first-order chi connectivity index (χ1) is 4.70. The van der Waals surface area contributed by atoms with Gasteiger partial charge in [0.25, 0.3) is 0 Å². The second-order valence-corrected chi connectivity index (χ2v) is 2.90. The third kappa shape index (κ3) is 1.59. The lowest BCUT2D eigenvalue weighted by atomic mass is 10.0. The average Bonchev–Trinajstić information content (AvgIpc) is 1.88. The molecular weight excluding hydrogens is 132 g/mol. The molecule has 10 heavy (non-hydrogen) atoms. The molecule has 0 amide bonds. The number of nitro groups is 1. The molecule has 1 heterocycles. The third-order valence-electron chi connectivity index (χ3n) is 1.87. The molecule has 1 saturated heterocycles. The highest BCUT2D eigenvalue weighted by atomic mass is 16.7. The molecule has 0 aromatic rings. The van der Waals surface area contributed by atoms with Crippen LogP contribution in [0.5, 0.6) is 0 Å². The van der Waals surface area contributed by atoms with Gasteiger partial charge in [-0.3, -0.25) is 0 Å². The summed E-state index contributed by atoms with van der Waals surface area (Å²) >= 11 is 0. The largest absolute Gasteiger partial charge is 0.235 e. The number of piperidine rings is 1. The molecule has 0 aromatic heterocycles. The Labute approximate surface area is 59.9 Å². The predicted octanol–water partition coefficient (Wildman–Crippen LogP) is 0.910. The van der Waals surface area contributed by atoms with Gasteiger partial charge in [-0.15, -0.1) is 5.01 Å². The smallest absolute Gasteiger partial charge is 0.160 e. The van der Waals surface area contributed by atoms with E-state index in [0.29, 0.717) is 19.0 Å². The van der Waals surface area contributed by atoms with Crippen LogP contribution in [0.1, 0.15) is 19.8 Å². The van der Waals surface area contributed by atoms with Crippen molar-refractivity contribution in [3.63, 3.8) is 0 Å². The first kappa shape index (κ1) is 7.31. The van der Waals surface area contributed by atoms with Gasteiger partial charge in [-0.2, -0.15) is 0 Å². The van der Waals surface area contributed by atoms with Gasteiger partial charge in [0.15, 0.2) is 5.03 Å². The second-order valence-electron chi connectivity index (χ2n) is 2.90. The van der Waals surface area contributed by atoms with Crippen molar-refractivity contribution in [2.75, 3.05) is 13.1 Å². The molecule has 0 N–H and O–H groups in total. The van der Waals surface area contributed by atoms with E-state index in [4.69, 9.17) is 0 Å². The minimum Gasteiger partial charge on any atom is -0.235 e. The lowest BCUT2D eigenvalue weighted by Gasteiger charge is -2.23. The van der Waals surface area contributed by atoms with Crippen molar-refractivity contribution in [2.24, 2.45) is 5.92 Å². The van der Waals surface area contributed by atoms with E-state index in [1.165, 1.54) is 5.01 Å². The first-order valence-electron chi connectivity index (χ1n) is 3.59. The van der Waals surface area contributed by atoms with Crippen LogP contribution in [0.25, 0.3) is 0 Å². The van der Waals surface area contributed by atoms with Crippen molar-refractivity contribution in [3.8, 4) is 0 Å². The molecule has 0 saturated carbocycles.